The molecular formula is C24H30N4O3. The molecule has 1 aromatic heterocycles. The highest BCUT2D eigenvalue weighted by Crippen LogP contribution is 2.23. The second-order valence-corrected chi connectivity index (χ2v) is 7.92. The fourth-order valence-electron chi connectivity index (χ4n) is 3.46. The average molecular weight is 423 g/mol. The summed E-state index contributed by atoms with van der Waals surface area (Å²) >= 11 is 0. The van der Waals surface area contributed by atoms with Crippen molar-refractivity contribution in [1.82, 2.24) is 14.8 Å². The molecule has 0 unspecified atom stereocenters. The largest absolute Gasteiger partial charge is 0.495 e. The third-order valence-corrected chi connectivity index (χ3v) is 5.11. The molecule has 3 aromatic rings. The van der Waals surface area contributed by atoms with Crippen LogP contribution in [0.15, 0.2) is 53.3 Å². The van der Waals surface area contributed by atoms with Crippen molar-refractivity contribution in [3.8, 4) is 5.75 Å². The van der Waals surface area contributed by atoms with E-state index in [0.29, 0.717) is 23.5 Å². The van der Waals surface area contributed by atoms with Crippen molar-refractivity contribution in [1.29, 1.82) is 0 Å². The Bertz CT molecular complexity index is 1110. The van der Waals surface area contributed by atoms with E-state index in [4.69, 9.17) is 4.74 Å². The molecule has 1 heterocycles. The number of aromatic amines is 1. The van der Waals surface area contributed by atoms with Crippen molar-refractivity contribution in [3.63, 3.8) is 0 Å². The van der Waals surface area contributed by atoms with Crippen LogP contribution in [0.3, 0.4) is 0 Å². The molecule has 0 aliphatic heterocycles. The number of H-pyrrole nitrogens is 1. The standard InChI is InChI=1S/C24H30N4O3/c1-17-10-11-18-15-19(23(29)25-21(18)14-17)16-28(13-7-12-27(2)3)24(30)26-20-8-5-6-9-22(20)31-4/h5-6,8-11,14-15H,7,12-13,16H2,1-4H3,(H,25,29)(H,26,30). The number of pyridine rings is 1. The second kappa shape index (κ2) is 10.1. The van der Waals surface area contributed by atoms with Gasteiger partial charge in [0.1, 0.15) is 5.75 Å². The van der Waals surface area contributed by atoms with Crippen LogP contribution >= 0.6 is 0 Å². The predicted octanol–water partition coefficient (Wildman–Crippen LogP) is 3.83. The maximum absolute atomic E-state index is 13.1. The summed E-state index contributed by atoms with van der Waals surface area (Å²) in [6, 6.07) is 14.8. The number of benzene rings is 2. The Morgan fingerprint density at radius 1 is 1.10 bits per heavy atom. The number of anilines is 1. The maximum Gasteiger partial charge on any atom is 0.322 e. The van der Waals surface area contributed by atoms with Gasteiger partial charge in [-0.2, -0.15) is 0 Å². The van der Waals surface area contributed by atoms with E-state index in [9.17, 15) is 9.59 Å². The number of para-hydroxylation sites is 2. The lowest BCUT2D eigenvalue weighted by atomic mass is 10.1. The lowest BCUT2D eigenvalue weighted by molar-refractivity contribution is 0.205. The Morgan fingerprint density at radius 3 is 2.61 bits per heavy atom. The molecule has 2 aromatic carbocycles. The third kappa shape index (κ3) is 5.86. The van der Waals surface area contributed by atoms with Gasteiger partial charge in [0, 0.05) is 17.6 Å². The first-order valence-electron chi connectivity index (χ1n) is 10.3. The predicted molar refractivity (Wildman–Crippen MR) is 125 cm³/mol. The van der Waals surface area contributed by atoms with Gasteiger partial charge in [-0.1, -0.05) is 24.3 Å². The number of fused-ring (bicyclic) bond motifs is 1. The van der Waals surface area contributed by atoms with Crippen LogP contribution in [0, 0.1) is 6.92 Å². The van der Waals surface area contributed by atoms with Crippen molar-refractivity contribution in [2.24, 2.45) is 0 Å². The number of hydrogen-bond acceptors (Lipinski definition) is 4. The van der Waals surface area contributed by atoms with Crippen LogP contribution < -0.4 is 15.6 Å². The Balaban J connectivity index is 1.85. The molecule has 0 radical (unpaired) electrons. The van der Waals surface area contributed by atoms with Gasteiger partial charge in [-0.05, 0) is 69.2 Å². The number of carbonyl (C=O) groups excluding carboxylic acids is 1. The Hall–Kier alpha value is -3.32. The molecule has 7 nitrogen and oxygen atoms in total. The smallest absolute Gasteiger partial charge is 0.322 e. The molecule has 0 spiro atoms. The summed E-state index contributed by atoms with van der Waals surface area (Å²) in [5.74, 6) is 0.586. The van der Waals surface area contributed by atoms with Gasteiger partial charge in [0.15, 0.2) is 0 Å². The van der Waals surface area contributed by atoms with E-state index in [1.165, 1.54) is 0 Å². The molecule has 0 aliphatic rings. The van der Waals surface area contributed by atoms with Crippen molar-refractivity contribution in [2.45, 2.75) is 19.9 Å². The lowest BCUT2D eigenvalue weighted by Gasteiger charge is -2.24. The van der Waals surface area contributed by atoms with Crippen LogP contribution in [-0.2, 0) is 6.54 Å². The highest BCUT2D eigenvalue weighted by Gasteiger charge is 2.18. The van der Waals surface area contributed by atoms with Crippen LogP contribution in [0.5, 0.6) is 5.75 Å². The molecule has 0 atom stereocenters. The number of nitrogens with zero attached hydrogens (tertiary/aromatic N) is 2. The van der Waals surface area contributed by atoms with Gasteiger partial charge in [0.05, 0.1) is 19.3 Å². The van der Waals surface area contributed by atoms with Gasteiger partial charge in [0.25, 0.3) is 5.56 Å². The number of hydrogen-bond donors (Lipinski definition) is 2. The molecule has 0 fully saturated rings. The summed E-state index contributed by atoms with van der Waals surface area (Å²) in [5, 5.41) is 3.86. The number of aryl methyl sites for hydroxylation is 1. The van der Waals surface area contributed by atoms with E-state index in [1.807, 2.05) is 57.4 Å². The minimum atomic E-state index is -0.272. The van der Waals surface area contributed by atoms with E-state index < -0.39 is 0 Å². The summed E-state index contributed by atoms with van der Waals surface area (Å²) in [6.45, 7) is 3.56. The summed E-state index contributed by atoms with van der Waals surface area (Å²) in [7, 11) is 5.56. The van der Waals surface area contributed by atoms with Gasteiger partial charge in [0.2, 0.25) is 0 Å². The first-order valence-corrected chi connectivity index (χ1v) is 10.3. The molecule has 7 heteroatoms. The number of amides is 2. The summed E-state index contributed by atoms with van der Waals surface area (Å²) in [6.07, 6.45) is 0.789. The Kier molecular flexibility index (Phi) is 7.31. The Morgan fingerprint density at radius 2 is 1.87 bits per heavy atom. The van der Waals surface area contributed by atoms with E-state index >= 15 is 0 Å². The van der Waals surface area contributed by atoms with Crippen molar-refractivity contribution in [3.05, 3.63) is 70.0 Å². The molecule has 2 amide bonds. The van der Waals surface area contributed by atoms with E-state index in [2.05, 4.69) is 15.2 Å². The van der Waals surface area contributed by atoms with Crippen molar-refractivity contribution in [2.75, 3.05) is 39.6 Å². The zero-order valence-corrected chi connectivity index (χ0v) is 18.6. The number of rotatable bonds is 8. The Labute approximate surface area is 182 Å². The number of nitrogens with one attached hydrogen (secondary N) is 2. The van der Waals surface area contributed by atoms with E-state index in [-0.39, 0.29) is 18.1 Å². The quantitative estimate of drug-likeness (QED) is 0.578. The molecule has 3 rings (SSSR count). The number of ether oxygens (including phenoxy) is 1. The van der Waals surface area contributed by atoms with Crippen molar-refractivity contribution >= 4 is 22.6 Å². The molecular weight excluding hydrogens is 392 g/mol. The molecule has 164 valence electrons. The highest BCUT2D eigenvalue weighted by molar-refractivity contribution is 5.91. The molecule has 0 saturated heterocycles. The van der Waals surface area contributed by atoms with Crippen LogP contribution in [-0.4, -0.2) is 55.1 Å². The van der Waals surface area contributed by atoms with Crippen LogP contribution in [0.4, 0.5) is 10.5 Å². The normalized spacial score (nSPS) is 11.0. The third-order valence-electron chi connectivity index (χ3n) is 5.11. The van der Waals surface area contributed by atoms with Gasteiger partial charge in [-0.3, -0.25) is 4.79 Å². The van der Waals surface area contributed by atoms with Crippen LogP contribution in [0.2, 0.25) is 0 Å². The van der Waals surface area contributed by atoms with Gasteiger partial charge in [-0.25, -0.2) is 4.79 Å². The zero-order valence-electron chi connectivity index (χ0n) is 18.6. The molecule has 31 heavy (non-hydrogen) atoms. The number of carbonyl (C=O) groups is 1. The monoisotopic (exact) mass is 422 g/mol. The van der Waals surface area contributed by atoms with Gasteiger partial charge >= 0.3 is 6.03 Å². The minimum Gasteiger partial charge on any atom is -0.495 e. The maximum atomic E-state index is 13.1. The van der Waals surface area contributed by atoms with E-state index in [0.717, 1.165) is 29.4 Å². The van der Waals surface area contributed by atoms with E-state index in [1.54, 1.807) is 24.1 Å². The average Bonchev–Trinajstić information content (AvgIpc) is 2.73. The fraction of sp³-hybridized carbons (Fsp3) is 0.333. The number of urea groups is 1. The zero-order chi connectivity index (χ0) is 22.4. The SMILES string of the molecule is COc1ccccc1NC(=O)N(CCCN(C)C)Cc1cc2ccc(C)cc2[nH]c1=O. The lowest BCUT2D eigenvalue weighted by Crippen LogP contribution is -2.37. The van der Waals surface area contributed by atoms with Gasteiger partial charge in [-0.15, -0.1) is 0 Å². The highest BCUT2D eigenvalue weighted by atomic mass is 16.5. The summed E-state index contributed by atoms with van der Waals surface area (Å²) in [5.41, 5.74) is 2.84. The minimum absolute atomic E-state index is 0.180. The topological polar surface area (TPSA) is 77.7 Å². The molecule has 0 aliphatic carbocycles. The first-order chi connectivity index (χ1) is 14.9. The molecule has 2 N–H and O–H groups in total. The van der Waals surface area contributed by atoms with Crippen LogP contribution in [0.25, 0.3) is 10.9 Å². The second-order valence-electron chi connectivity index (χ2n) is 7.92. The number of aromatic nitrogens is 1. The molecule has 0 bridgehead atoms. The van der Waals surface area contributed by atoms with Gasteiger partial charge < -0.3 is 24.8 Å². The summed E-state index contributed by atoms with van der Waals surface area (Å²) < 4.78 is 5.34. The molecule has 0 saturated carbocycles. The van der Waals surface area contributed by atoms with Crippen LogP contribution in [0.1, 0.15) is 17.5 Å². The van der Waals surface area contributed by atoms with Crippen molar-refractivity contribution < 1.29 is 9.53 Å². The fourth-order valence-corrected chi connectivity index (χ4v) is 3.46. The summed E-state index contributed by atoms with van der Waals surface area (Å²) in [4.78, 5) is 32.5. The first kappa shape index (κ1) is 22.4. The number of methoxy groups -OCH3 is 1.